The van der Waals surface area contributed by atoms with Gasteiger partial charge in [-0.1, -0.05) is 0 Å². The number of likely N-dealkylation sites (tertiary alicyclic amines) is 1. The summed E-state index contributed by atoms with van der Waals surface area (Å²) >= 11 is 0. The highest BCUT2D eigenvalue weighted by Gasteiger charge is 2.33. The maximum Gasteiger partial charge on any atom is 0.208 e. The van der Waals surface area contributed by atoms with Gasteiger partial charge in [-0.3, -0.25) is 0 Å². The van der Waals surface area contributed by atoms with Crippen molar-refractivity contribution in [3.05, 3.63) is 0 Å². The lowest BCUT2D eigenvalue weighted by Gasteiger charge is -2.32. The second-order valence-electron chi connectivity index (χ2n) is 5.21. The molecular formula is C11H22N2O2S. The van der Waals surface area contributed by atoms with Crippen molar-refractivity contribution < 1.29 is 8.42 Å². The zero-order valence-corrected chi connectivity index (χ0v) is 10.8. The van der Waals surface area contributed by atoms with Gasteiger partial charge in [0, 0.05) is 19.6 Å². The molecule has 0 aromatic heterocycles. The van der Waals surface area contributed by atoms with Crippen LogP contribution in [0, 0.1) is 11.8 Å². The van der Waals surface area contributed by atoms with E-state index in [1.54, 1.807) is 0 Å². The quantitative estimate of drug-likeness (QED) is 0.775. The van der Waals surface area contributed by atoms with E-state index in [0.29, 0.717) is 6.54 Å². The molecule has 1 atom stereocenters. The summed E-state index contributed by atoms with van der Waals surface area (Å²) in [4.78, 5) is 2.41. The largest absolute Gasteiger partial charge is 0.302 e. The number of nitrogens with zero attached hydrogens (tertiary/aromatic N) is 1. The van der Waals surface area contributed by atoms with Crippen LogP contribution in [0.3, 0.4) is 0 Å². The smallest absolute Gasteiger partial charge is 0.208 e. The van der Waals surface area contributed by atoms with Crippen molar-refractivity contribution in [3.63, 3.8) is 0 Å². The lowest BCUT2D eigenvalue weighted by Crippen LogP contribution is -2.41. The summed E-state index contributed by atoms with van der Waals surface area (Å²) in [5.74, 6) is 1.86. The molecule has 0 radical (unpaired) electrons. The molecule has 1 unspecified atom stereocenters. The van der Waals surface area contributed by atoms with Gasteiger partial charge in [-0.25, -0.2) is 13.1 Å². The molecule has 0 bridgehead atoms. The normalized spacial score (nSPS) is 28.2. The number of hydrogen-bond acceptors (Lipinski definition) is 3. The number of sulfonamides is 1. The molecule has 4 nitrogen and oxygen atoms in total. The van der Waals surface area contributed by atoms with Gasteiger partial charge in [0.2, 0.25) is 10.0 Å². The van der Waals surface area contributed by atoms with Gasteiger partial charge in [0.05, 0.1) is 6.26 Å². The lowest BCUT2D eigenvalue weighted by atomic mass is 9.93. The van der Waals surface area contributed by atoms with Crippen LogP contribution in [0.5, 0.6) is 0 Å². The maximum absolute atomic E-state index is 10.9. The Morgan fingerprint density at radius 3 is 2.62 bits per heavy atom. The fraction of sp³-hybridized carbons (Fsp3) is 1.00. The van der Waals surface area contributed by atoms with Crippen molar-refractivity contribution in [1.29, 1.82) is 0 Å². The van der Waals surface area contributed by atoms with Gasteiger partial charge < -0.3 is 4.90 Å². The lowest BCUT2D eigenvalue weighted by molar-refractivity contribution is 0.164. The van der Waals surface area contributed by atoms with Crippen LogP contribution in [0.4, 0.5) is 0 Å². The summed E-state index contributed by atoms with van der Waals surface area (Å²) in [6.07, 6.45) is 6.71. The third-order valence-electron chi connectivity index (χ3n) is 3.62. The first-order valence-corrected chi connectivity index (χ1v) is 8.11. The zero-order valence-electron chi connectivity index (χ0n) is 9.98. The van der Waals surface area contributed by atoms with Gasteiger partial charge in [-0.15, -0.1) is 0 Å². The third kappa shape index (κ3) is 4.03. The van der Waals surface area contributed by atoms with E-state index in [-0.39, 0.29) is 0 Å². The van der Waals surface area contributed by atoms with Gasteiger partial charge in [0.1, 0.15) is 0 Å². The molecule has 2 fully saturated rings. The van der Waals surface area contributed by atoms with Crippen LogP contribution in [-0.2, 0) is 10.0 Å². The van der Waals surface area contributed by atoms with Crippen molar-refractivity contribution in [3.8, 4) is 0 Å². The average Bonchev–Trinajstić information content (AvgIpc) is 2.99. The van der Waals surface area contributed by atoms with Gasteiger partial charge in [0.25, 0.3) is 0 Å². The van der Waals surface area contributed by atoms with Crippen LogP contribution in [0.1, 0.15) is 25.7 Å². The minimum Gasteiger partial charge on any atom is -0.302 e. The van der Waals surface area contributed by atoms with E-state index in [1.165, 1.54) is 38.5 Å². The van der Waals surface area contributed by atoms with Crippen LogP contribution < -0.4 is 4.72 Å². The van der Waals surface area contributed by atoms with E-state index >= 15 is 0 Å². The molecule has 1 saturated carbocycles. The number of piperidine rings is 1. The molecule has 1 saturated heterocycles. The molecule has 16 heavy (non-hydrogen) atoms. The van der Waals surface area contributed by atoms with E-state index in [9.17, 15) is 8.42 Å². The first kappa shape index (κ1) is 12.3. The minimum absolute atomic E-state index is 0.552. The Bertz CT molecular complexity index is 325. The number of rotatable bonds is 5. The van der Waals surface area contributed by atoms with Crippen molar-refractivity contribution in [2.75, 3.05) is 32.4 Å². The molecule has 2 rings (SSSR count). The van der Waals surface area contributed by atoms with Gasteiger partial charge in [-0.2, -0.15) is 0 Å². The minimum atomic E-state index is -3.02. The third-order valence-corrected chi connectivity index (χ3v) is 4.35. The SMILES string of the molecule is CS(=O)(=O)NCCN1CCCC(C2CC2)C1. The molecule has 1 aliphatic heterocycles. The summed E-state index contributed by atoms with van der Waals surface area (Å²) in [5.41, 5.74) is 0. The van der Waals surface area contributed by atoms with E-state index in [2.05, 4.69) is 9.62 Å². The maximum atomic E-state index is 10.9. The number of hydrogen-bond donors (Lipinski definition) is 1. The van der Waals surface area contributed by atoms with E-state index in [1.807, 2.05) is 0 Å². The van der Waals surface area contributed by atoms with Crippen LogP contribution in [-0.4, -0.2) is 45.8 Å². The van der Waals surface area contributed by atoms with Gasteiger partial charge in [0.15, 0.2) is 0 Å². The first-order valence-electron chi connectivity index (χ1n) is 6.21. The molecule has 2 aliphatic rings. The molecular weight excluding hydrogens is 224 g/mol. The van der Waals surface area contributed by atoms with E-state index in [0.717, 1.165) is 24.9 Å². The topological polar surface area (TPSA) is 49.4 Å². The summed E-state index contributed by atoms with van der Waals surface area (Å²) in [6, 6.07) is 0. The van der Waals surface area contributed by atoms with Crippen LogP contribution in [0.2, 0.25) is 0 Å². The Morgan fingerprint density at radius 2 is 2.00 bits per heavy atom. The summed E-state index contributed by atoms with van der Waals surface area (Å²) in [5, 5.41) is 0. The fourth-order valence-electron chi connectivity index (χ4n) is 2.64. The molecule has 0 aromatic rings. The Balaban J connectivity index is 1.68. The van der Waals surface area contributed by atoms with Gasteiger partial charge >= 0.3 is 0 Å². The van der Waals surface area contributed by atoms with Gasteiger partial charge in [-0.05, 0) is 44.1 Å². The summed E-state index contributed by atoms with van der Waals surface area (Å²) < 4.78 is 24.4. The highest BCUT2D eigenvalue weighted by Crippen LogP contribution is 2.40. The Morgan fingerprint density at radius 1 is 1.25 bits per heavy atom. The monoisotopic (exact) mass is 246 g/mol. The fourth-order valence-corrected chi connectivity index (χ4v) is 3.10. The highest BCUT2D eigenvalue weighted by atomic mass is 32.2. The molecule has 1 N–H and O–H groups in total. The van der Waals surface area contributed by atoms with Crippen molar-refractivity contribution in [2.45, 2.75) is 25.7 Å². The van der Waals surface area contributed by atoms with Crippen LogP contribution >= 0.6 is 0 Å². The Labute approximate surface area is 98.4 Å². The average molecular weight is 246 g/mol. The second kappa shape index (κ2) is 5.02. The van der Waals surface area contributed by atoms with Crippen LogP contribution in [0.25, 0.3) is 0 Å². The van der Waals surface area contributed by atoms with E-state index in [4.69, 9.17) is 0 Å². The standard InChI is InChI=1S/C11H22N2O2S/c1-16(14,15)12-6-8-13-7-2-3-11(9-13)10-4-5-10/h10-12H,2-9H2,1H3. The molecule has 5 heteroatoms. The molecule has 0 amide bonds. The molecule has 0 aromatic carbocycles. The van der Waals surface area contributed by atoms with Crippen molar-refractivity contribution in [2.24, 2.45) is 11.8 Å². The molecule has 94 valence electrons. The van der Waals surface area contributed by atoms with Crippen LogP contribution in [0.15, 0.2) is 0 Å². The highest BCUT2D eigenvalue weighted by molar-refractivity contribution is 7.88. The predicted octanol–water partition coefficient (Wildman–Crippen LogP) is 0.658. The van der Waals surface area contributed by atoms with E-state index < -0.39 is 10.0 Å². The predicted molar refractivity (Wildman–Crippen MR) is 64.7 cm³/mol. The summed E-state index contributed by atoms with van der Waals surface area (Å²) in [6.45, 7) is 3.72. The summed E-state index contributed by atoms with van der Waals surface area (Å²) in [7, 11) is -3.02. The second-order valence-corrected chi connectivity index (χ2v) is 7.04. The van der Waals surface area contributed by atoms with Crippen molar-refractivity contribution >= 4 is 10.0 Å². The zero-order chi connectivity index (χ0) is 11.6. The Hall–Kier alpha value is -0.130. The van der Waals surface area contributed by atoms with Crippen molar-refractivity contribution in [1.82, 2.24) is 9.62 Å². The molecule has 1 aliphatic carbocycles. The first-order chi connectivity index (χ1) is 7.54. The number of nitrogens with one attached hydrogen (secondary N) is 1. The Kier molecular flexibility index (Phi) is 3.87. The molecule has 1 heterocycles. The molecule has 0 spiro atoms.